The van der Waals surface area contributed by atoms with Gasteiger partial charge in [0.15, 0.2) is 11.5 Å². The van der Waals surface area contributed by atoms with Gasteiger partial charge in [-0.25, -0.2) is 12.8 Å². The first-order valence-corrected chi connectivity index (χ1v) is 16.5. The topological polar surface area (TPSA) is 105 Å². The van der Waals surface area contributed by atoms with Gasteiger partial charge in [0.2, 0.25) is 11.8 Å². The molecule has 0 unspecified atom stereocenters. The lowest BCUT2D eigenvalue weighted by atomic mass is 10.0. The number of rotatable bonds is 13. The third kappa shape index (κ3) is 9.10. The summed E-state index contributed by atoms with van der Waals surface area (Å²) in [6.45, 7) is 4.89. The molecule has 0 aliphatic rings. The van der Waals surface area contributed by atoms with Crippen molar-refractivity contribution >= 4 is 27.5 Å². The van der Waals surface area contributed by atoms with E-state index in [0.717, 1.165) is 27.6 Å². The zero-order valence-corrected chi connectivity index (χ0v) is 28.0. The predicted octanol–water partition coefficient (Wildman–Crippen LogP) is 5.59. The number of amides is 2. The van der Waals surface area contributed by atoms with Gasteiger partial charge in [0, 0.05) is 24.6 Å². The van der Waals surface area contributed by atoms with Gasteiger partial charge < -0.3 is 19.7 Å². The van der Waals surface area contributed by atoms with Crippen LogP contribution in [0, 0.1) is 5.82 Å². The van der Waals surface area contributed by atoms with E-state index in [1.807, 2.05) is 81.4 Å². The van der Waals surface area contributed by atoms with Gasteiger partial charge in [-0.3, -0.25) is 13.9 Å². The maximum absolute atomic E-state index is 14.5. The Morgan fingerprint density at radius 1 is 0.809 bits per heavy atom. The monoisotopic (exact) mass is 661 g/mol. The van der Waals surface area contributed by atoms with Crippen LogP contribution in [0.25, 0.3) is 0 Å². The highest BCUT2D eigenvalue weighted by molar-refractivity contribution is 7.92. The van der Waals surface area contributed by atoms with Crippen molar-refractivity contribution in [3.05, 3.63) is 120 Å². The highest BCUT2D eigenvalue weighted by atomic mass is 32.2. The van der Waals surface area contributed by atoms with Crippen molar-refractivity contribution in [2.24, 2.45) is 0 Å². The second kappa shape index (κ2) is 15.1. The summed E-state index contributed by atoms with van der Waals surface area (Å²) in [4.78, 5) is 29.7. The molecular formula is C36H40FN3O6S. The van der Waals surface area contributed by atoms with Crippen LogP contribution >= 0.6 is 0 Å². The van der Waals surface area contributed by atoms with Crippen LogP contribution in [-0.2, 0) is 32.6 Å². The molecule has 1 atom stereocenters. The van der Waals surface area contributed by atoms with Gasteiger partial charge >= 0.3 is 0 Å². The predicted molar refractivity (Wildman–Crippen MR) is 179 cm³/mol. The van der Waals surface area contributed by atoms with E-state index in [4.69, 9.17) is 9.47 Å². The summed E-state index contributed by atoms with van der Waals surface area (Å²) >= 11 is 0. The molecule has 47 heavy (non-hydrogen) atoms. The molecule has 0 aliphatic carbocycles. The van der Waals surface area contributed by atoms with Gasteiger partial charge in [-0.05, 0) is 68.3 Å². The molecule has 4 aromatic rings. The summed E-state index contributed by atoms with van der Waals surface area (Å²) in [5, 5.41) is 3.00. The van der Waals surface area contributed by atoms with Gasteiger partial charge in [-0.15, -0.1) is 0 Å². The Morgan fingerprint density at radius 2 is 1.38 bits per heavy atom. The van der Waals surface area contributed by atoms with E-state index in [1.54, 1.807) is 0 Å². The van der Waals surface area contributed by atoms with E-state index in [0.29, 0.717) is 5.75 Å². The highest BCUT2D eigenvalue weighted by Crippen LogP contribution is 2.32. The zero-order chi connectivity index (χ0) is 34.2. The van der Waals surface area contributed by atoms with E-state index < -0.39 is 39.9 Å². The average molecular weight is 662 g/mol. The van der Waals surface area contributed by atoms with Gasteiger partial charge in [0.1, 0.15) is 18.4 Å². The molecule has 0 spiro atoms. The summed E-state index contributed by atoms with van der Waals surface area (Å²) in [5.41, 5.74) is 1.02. The van der Waals surface area contributed by atoms with E-state index in [1.165, 1.54) is 49.5 Å². The van der Waals surface area contributed by atoms with Crippen LogP contribution in [0.4, 0.5) is 10.1 Å². The molecule has 4 aromatic carbocycles. The second-order valence-corrected chi connectivity index (χ2v) is 13.8. The van der Waals surface area contributed by atoms with Crippen molar-refractivity contribution in [1.29, 1.82) is 0 Å². The van der Waals surface area contributed by atoms with E-state index in [-0.39, 0.29) is 35.2 Å². The smallest absolute Gasteiger partial charge is 0.264 e. The third-order valence-corrected chi connectivity index (χ3v) is 9.07. The fourth-order valence-electron chi connectivity index (χ4n) is 5.03. The van der Waals surface area contributed by atoms with Crippen LogP contribution in [0.15, 0.2) is 108 Å². The molecule has 0 aliphatic heterocycles. The molecule has 0 fully saturated rings. The normalized spacial score (nSPS) is 12.1. The highest BCUT2D eigenvalue weighted by Gasteiger charge is 2.36. The number of nitrogens with one attached hydrogen (secondary N) is 1. The lowest BCUT2D eigenvalue weighted by molar-refractivity contribution is -0.140. The average Bonchev–Trinajstić information content (AvgIpc) is 3.05. The molecular weight excluding hydrogens is 621 g/mol. The number of sulfonamides is 1. The molecule has 0 saturated heterocycles. The summed E-state index contributed by atoms with van der Waals surface area (Å²) in [5.74, 6) is -1.10. The first-order valence-electron chi connectivity index (χ1n) is 15.0. The Bertz CT molecular complexity index is 1760. The van der Waals surface area contributed by atoms with Crippen molar-refractivity contribution in [2.75, 3.05) is 25.1 Å². The van der Waals surface area contributed by atoms with Crippen molar-refractivity contribution < 1.29 is 31.9 Å². The minimum atomic E-state index is -4.43. The zero-order valence-electron chi connectivity index (χ0n) is 27.1. The molecule has 11 heteroatoms. The number of hydrogen-bond donors (Lipinski definition) is 1. The summed E-state index contributed by atoms with van der Waals surface area (Å²) in [6.07, 6.45) is 0.181. The molecule has 0 aromatic heterocycles. The van der Waals surface area contributed by atoms with Crippen LogP contribution in [0.5, 0.6) is 11.5 Å². The SMILES string of the molecule is COc1ccc(S(=O)(=O)N(CC(=O)N(Cc2ccccc2)[C@@H](Cc2ccccc2)C(=O)NC(C)(C)C)c2ccc(F)cc2)cc1OC. The first-order chi connectivity index (χ1) is 22.3. The molecule has 2 amide bonds. The number of halogens is 1. The lowest BCUT2D eigenvalue weighted by Crippen LogP contribution is -2.56. The first kappa shape index (κ1) is 35.0. The standard InChI is InChI=1S/C36H40FN3O6S/c1-36(2,3)38-35(42)31(22-26-12-8-6-9-13-26)39(24-27-14-10-7-11-15-27)34(41)25-40(29-18-16-28(37)17-19-29)47(43,44)30-20-21-32(45-4)33(23-30)46-5/h6-21,23,31H,22,24-25H2,1-5H3,(H,38,42)/t31-/m0/s1. The molecule has 9 nitrogen and oxygen atoms in total. The Kier molecular flexibility index (Phi) is 11.3. The van der Waals surface area contributed by atoms with Crippen LogP contribution in [0.2, 0.25) is 0 Å². The number of nitrogens with zero attached hydrogens (tertiary/aromatic N) is 2. The van der Waals surface area contributed by atoms with E-state index >= 15 is 0 Å². The number of ether oxygens (including phenoxy) is 2. The second-order valence-electron chi connectivity index (χ2n) is 12.0. The van der Waals surface area contributed by atoms with Crippen molar-refractivity contribution in [3.8, 4) is 11.5 Å². The minimum Gasteiger partial charge on any atom is -0.493 e. The number of hydrogen-bond acceptors (Lipinski definition) is 6. The fraction of sp³-hybridized carbons (Fsp3) is 0.278. The van der Waals surface area contributed by atoms with Gasteiger partial charge in [-0.1, -0.05) is 60.7 Å². The number of methoxy groups -OCH3 is 2. The Balaban J connectivity index is 1.82. The molecule has 1 N–H and O–H groups in total. The van der Waals surface area contributed by atoms with E-state index in [9.17, 15) is 22.4 Å². The fourth-order valence-corrected chi connectivity index (χ4v) is 6.46. The van der Waals surface area contributed by atoms with Crippen molar-refractivity contribution in [2.45, 2.75) is 50.2 Å². The minimum absolute atomic E-state index is 0.0302. The number of carbonyl (C=O) groups excluding carboxylic acids is 2. The van der Waals surface area contributed by atoms with Gasteiger partial charge in [-0.2, -0.15) is 0 Å². The van der Waals surface area contributed by atoms with Gasteiger partial charge in [0.05, 0.1) is 24.8 Å². The van der Waals surface area contributed by atoms with E-state index in [2.05, 4.69) is 5.32 Å². The third-order valence-electron chi connectivity index (χ3n) is 7.30. The Morgan fingerprint density at radius 3 is 1.94 bits per heavy atom. The van der Waals surface area contributed by atoms with Crippen LogP contribution in [-0.4, -0.2) is 57.5 Å². The quantitative estimate of drug-likeness (QED) is 0.200. The number of anilines is 1. The maximum atomic E-state index is 14.5. The number of carbonyl (C=O) groups is 2. The Hall–Kier alpha value is -4.90. The molecule has 248 valence electrons. The number of benzene rings is 4. The largest absolute Gasteiger partial charge is 0.493 e. The molecule has 0 radical (unpaired) electrons. The molecule has 0 bridgehead atoms. The molecule has 4 rings (SSSR count). The summed E-state index contributed by atoms with van der Waals surface area (Å²) in [6, 6.07) is 26.4. The van der Waals surface area contributed by atoms with Crippen LogP contribution in [0.1, 0.15) is 31.9 Å². The molecule has 0 heterocycles. The van der Waals surface area contributed by atoms with Crippen LogP contribution in [0.3, 0.4) is 0 Å². The van der Waals surface area contributed by atoms with Gasteiger partial charge in [0.25, 0.3) is 10.0 Å². The maximum Gasteiger partial charge on any atom is 0.264 e. The van der Waals surface area contributed by atoms with Crippen molar-refractivity contribution in [3.63, 3.8) is 0 Å². The summed E-state index contributed by atoms with van der Waals surface area (Å²) < 4.78 is 54.1. The van der Waals surface area contributed by atoms with Crippen LogP contribution < -0.4 is 19.1 Å². The lowest BCUT2D eigenvalue weighted by Gasteiger charge is -2.35. The van der Waals surface area contributed by atoms with Crippen molar-refractivity contribution in [1.82, 2.24) is 10.2 Å². The Labute approximate surface area is 276 Å². The molecule has 0 saturated carbocycles. The summed E-state index contributed by atoms with van der Waals surface area (Å²) in [7, 11) is -1.62.